The molecular formula is C18H17N5O3S. The summed E-state index contributed by atoms with van der Waals surface area (Å²) < 4.78 is 7.36. The first kappa shape index (κ1) is 17.2. The van der Waals surface area contributed by atoms with E-state index in [1.165, 1.54) is 11.3 Å². The van der Waals surface area contributed by atoms with Crippen LogP contribution < -0.4 is 10.1 Å². The molecule has 9 heteroatoms. The van der Waals surface area contributed by atoms with Crippen LogP contribution in [0.4, 0.5) is 5.13 Å². The van der Waals surface area contributed by atoms with Gasteiger partial charge in [0.05, 0.1) is 6.20 Å². The molecule has 27 heavy (non-hydrogen) atoms. The predicted molar refractivity (Wildman–Crippen MR) is 99.5 cm³/mol. The molecule has 138 valence electrons. The number of amides is 2. The van der Waals surface area contributed by atoms with Crippen LogP contribution in [-0.4, -0.2) is 38.1 Å². The van der Waals surface area contributed by atoms with Gasteiger partial charge in [0.25, 0.3) is 11.8 Å². The Morgan fingerprint density at radius 2 is 2.30 bits per heavy atom. The van der Waals surface area contributed by atoms with Crippen molar-refractivity contribution >= 4 is 28.3 Å². The highest BCUT2D eigenvalue weighted by Gasteiger charge is 2.23. The summed E-state index contributed by atoms with van der Waals surface area (Å²) in [6.45, 7) is 0.810. The lowest BCUT2D eigenvalue weighted by Gasteiger charge is -2.19. The first-order chi connectivity index (χ1) is 13.1. The van der Waals surface area contributed by atoms with Gasteiger partial charge < -0.3 is 9.64 Å². The molecule has 1 aliphatic heterocycles. The largest absolute Gasteiger partial charge is 0.483 e. The lowest BCUT2D eigenvalue weighted by atomic mass is 10.1. The van der Waals surface area contributed by atoms with Crippen LogP contribution in [0.3, 0.4) is 0 Å². The molecule has 0 aliphatic carbocycles. The summed E-state index contributed by atoms with van der Waals surface area (Å²) in [5.74, 6) is 0.173. The minimum atomic E-state index is -0.265. The van der Waals surface area contributed by atoms with E-state index in [1.54, 1.807) is 39.5 Å². The van der Waals surface area contributed by atoms with Crippen molar-refractivity contribution in [1.29, 1.82) is 0 Å². The summed E-state index contributed by atoms with van der Waals surface area (Å²) in [6, 6.07) is 5.21. The second-order valence-electron chi connectivity index (χ2n) is 6.17. The molecular weight excluding hydrogens is 366 g/mol. The van der Waals surface area contributed by atoms with Gasteiger partial charge in [0.2, 0.25) is 0 Å². The van der Waals surface area contributed by atoms with Crippen molar-refractivity contribution in [3.63, 3.8) is 0 Å². The van der Waals surface area contributed by atoms with Gasteiger partial charge >= 0.3 is 0 Å². The van der Waals surface area contributed by atoms with Crippen LogP contribution in [0.25, 0.3) is 0 Å². The summed E-state index contributed by atoms with van der Waals surface area (Å²) >= 11 is 1.35. The molecule has 1 aromatic carbocycles. The molecule has 0 unspecified atom stereocenters. The Morgan fingerprint density at radius 3 is 3.04 bits per heavy atom. The van der Waals surface area contributed by atoms with Crippen LogP contribution in [0.2, 0.25) is 0 Å². The molecule has 8 nitrogen and oxygen atoms in total. The number of carbonyl (C=O) groups is 2. The Balaban J connectivity index is 1.52. The number of rotatable bonds is 4. The number of nitrogens with zero attached hydrogens (tertiary/aromatic N) is 4. The summed E-state index contributed by atoms with van der Waals surface area (Å²) in [7, 11) is 1.84. The Morgan fingerprint density at radius 1 is 1.41 bits per heavy atom. The summed E-state index contributed by atoms with van der Waals surface area (Å²) in [5.41, 5.74) is 2.27. The quantitative estimate of drug-likeness (QED) is 0.745. The molecule has 0 saturated heterocycles. The van der Waals surface area contributed by atoms with E-state index in [4.69, 9.17) is 4.74 Å². The second-order valence-corrected chi connectivity index (χ2v) is 7.07. The fourth-order valence-corrected chi connectivity index (χ4v) is 3.38. The second kappa shape index (κ2) is 7.20. The molecule has 4 rings (SSSR count). The molecule has 1 aliphatic rings. The number of aryl methyl sites for hydroxylation is 1. The molecule has 3 aromatic rings. The predicted octanol–water partition coefficient (Wildman–Crippen LogP) is 2.05. The number of benzene rings is 1. The van der Waals surface area contributed by atoms with Crippen LogP contribution in [-0.2, 0) is 24.9 Å². The number of carbonyl (C=O) groups excluding carboxylic acids is 2. The molecule has 2 aromatic heterocycles. The number of anilines is 1. The van der Waals surface area contributed by atoms with E-state index in [-0.39, 0.29) is 18.4 Å². The van der Waals surface area contributed by atoms with Crippen molar-refractivity contribution in [2.24, 2.45) is 7.05 Å². The third-order valence-electron chi connectivity index (χ3n) is 4.18. The maximum atomic E-state index is 12.4. The molecule has 0 fully saturated rings. The van der Waals surface area contributed by atoms with E-state index in [1.807, 2.05) is 19.3 Å². The number of thiazole rings is 1. The van der Waals surface area contributed by atoms with Gasteiger partial charge in [-0.2, -0.15) is 5.10 Å². The Bertz CT molecular complexity index is 983. The minimum Gasteiger partial charge on any atom is -0.483 e. The van der Waals surface area contributed by atoms with Crippen molar-refractivity contribution in [3.8, 4) is 5.75 Å². The van der Waals surface area contributed by atoms with E-state index in [0.717, 1.165) is 11.1 Å². The van der Waals surface area contributed by atoms with Gasteiger partial charge in [0, 0.05) is 54.6 Å². The maximum Gasteiger partial charge on any atom is 0.261 e. The third-order valence-corrected chi connectivity index (χ3v) is 4.87. The first-order valence-electron chi connectivity index (χ1n) is 8.30. The Kier molecular flexibility index (Phi) is 4.59. The lowest BCUT2D eigenvalue weighted by Crippen LogP contribution is -2.31. The number of fused-ring (bicyclic) bond motifs is 1. The van der Waals surface area contributed by atoms with Gasteiger partial charge in [-0.05, 0) is 12.1 Å². The molecule has 0 spiro atoms. The highest BCUT2D eigenvalue weighted by atomic mass is 32.1. The van der Waals surface area contributed by atoms with Gasteiger partial charge in [0.1, 0.15) is 5.75 Å². The number of hydrogen-bond acceptors (Lipinski definition) is 6. The van der Waals surface area contributed by atoms with Crippen LogP contribution in [0.15, 0.2) is 42.2 Å². The topological polar surface area (TPSA) is 89.4 Å². The van der Waals surface area contributed by atoms with Crippen LogP contribution in [0.5, 0.6) is 5.75 Å². The normalized spacial score (nSPS) is 13.7. The minimum absolute atomic E-state index is 0.0647. The van der Waals surface area contributed by atoms with Crippen molar-refractivity contribution in [2.75, 3.05) is 11.9 Å². The number of hydrogen-bond donors (Lipinski definition) is 1. The number of aromatic nitrogens is 3. The fourth-order valence-electron chi connectivity index (χ4n) is 2.86. The highest BCUT2D eigenvalue weighted by molar-refractivity contribution is 7.13. The van der Waals surface area contributed by atoms with Gasteiger partial charge in [-0.3, -0.25) is 19.6 Å². The van der Waals surface area contributed by atoms with Gasteiger partial charge in [-0.25, -0.2) is 4.98 Å². The zero-order chi connectivity index (χ0) is 18.8. The van der Waals surface area contributed by atoms with E-state index >= 15 is 0 Å². The Hall–Kier alpha value is -3.20. The maximum absolute atomic E-state index is 12.4. The molecule has 2 amide bonds. The molecule has 0 bridgehead atoms. The Labute approximate surface area is 159 Å². The van der Waals surface area contributed by atoms with Gasteiger partial charge in [-0.15, -0.1) is 11.3 Å². The summed E-state index contributed by atoms with van der Waals surface area (Å²) in [5, 5.41) is 9.20. The molecule has 1 N–H and O–H groups in total. The van der Waals surface area contributed by atoms with Crippen molar-refractivity contribution in [1.82, 2.24) is 19.7 Å². The van der Waals surface area contributed by atoms with Crippen molar-refractivity contribution < 1.29 is 14.3 Å². The number of ether oxygens (including phenoxy) is 1. The standard InChI is InChI=1S/C18H17N5O3S/c1-22-8-12(7-20-22)9-23-10-14-3-2-13(6-15(14)26-11-16(23)24)17(25)21-18-19-4-5-27-18/h2-8H,9-11H2,1H3,(H,19,21,25). The number of nitrogens with one attached hydrogen (secondary N) is 1. The fraction of sp³-hybridized carbons (Fsp3) is 0.222. The van der Waals surface area contributed by atoms with Crippen LogP contribution in [0, 0.1) is 0 Å². The van der Waals surface area contributed by atoms with Gasteiger partial charge in [0.15, 0.2) is 11.7 Å². The third kappa shape index (κ3) is 3.82. The summed E-state index contributed by atoms with van der Waals surface area (Å²) in [6.07, 6.45) is 5.25. The average molecular weight is 383 g/mol. The van der Waals surface area contributed by atoms with E-state index in [9.17, 15) is 9.59 Å². The first-order valence-corrected chi connectivity index (χ1v) is 9.18. The van der Waals surface area contributed by atoms with Crippen LogP contribution >= 0.6 is 11.3 Å². The highest BCUT2D eigenvalue weighted by Crippen LogP contribution is 2.26. The zero-order valence-corrected chi connectivity index (χ0v) is 15.4. The van der Waals surface area contributed by atoms with Crippen LogP contribution in [0.1, 0.15) is 21.5 Å². The van der Waals surface area contributed by atoms with E-state index < -0.39 is 0 Å². The van der Waals surface area contributed by atoms with Crippen molar-refractivity contribution in [3.05, 3.63) is 58.9 Å². The van der Waals surface area contributed by atoms with E-state index in [2.05, 4.69) is 15.4 Å². The summed E-state index contributed by atoms with van der Waals surface area (Å²) in [4.78, 5) is 30.5. The zero-order valence-electron chi connectivity index (χ0n) is 14.6. The lowest BCUT2D eigenvalue weighted by molar-refractivity contribution is -0.133. The van der Waals surface area contributed by atoms with Crippen molar-refractivity contribution in [2.45, 2.75) is 13.1 Å². The smallest absolute Gasteiger partial charge is 0.261 e. The molecule has 0 radical (unpaired) electrons. The van der Waals surface area contributed by atoms with E-state index in [0.29, 0.717) is 29.5 Å². The SMILES string of the molecule is Cn1cc(CN2Cc3ccc(C(=O)Nc4nccs4)cc3OCC2=O)cn1. The molecule has 3 heterocycles. The monoisotopic (exact) mass is 383 g/mol. The van der Waals surface area contributed by atoms with Gasteiger partial charge in [-0.1, -0.05) is 6.07 Å². The molecule has 0 saturated carbocycles. The average Bonchev–Trinajstić information content (AvgIpc) is 3.28. The molecule has 0 atom stereocenters.